The number of rotatable bonds is 5. The molecule has 0 amide bonds. The number of pyridine rings is 1. The Labute approximate surface area is 137 Å². The molecule has 2 nitrogen and oxygen atoms in total. The number of hydrogen-bond donors (Lipinski definition) is 0. The summed E-state index contributed by atoms with van der Waals surface area (Å²) < 4.78 is 14.1. The Morgan fingerprint density at radius 3 is 2.96 bits per heavy atom. The van der Waals surface area contributed by atoms with Gasteiger partial charge >= 0.3 is 0 Å². The average Bonchev–Trinajstić information content (AvgIpc) is 2.56. The summed E-state index contributed by atoms with van der Waals surface area (Å²) in [5, 5.41) is 2.27. The number of halogens is 1. The highest BCUT2D eigenvalue weighted by atomic mass is 19.1. The quantitative estimate of drug-likeness (QED) is 0.844. The smallest absolute Gasteiger partial charge is 0.128 e. The molecule has 23 heavy (non-hydrogen) atoms. The molecular weight excluding hydrogens is 287 g/mol. The van der Waals surface area contributed by atoms with Crippen LogP contribution in [0.25, 0.3) is 12.2 Å². The fourth-order valence-corrected chi connectivity index (χ4v) is 3.14. The molecule has 3 heteroatoms. The molecule has 1 aliphatic rings. The number of hydrogen-bond acceptors (Lipinski definition) is 2. The van der Waals surface area contributed by atoms with Crippen molar-refractivity contribution in [1.82, 2.24) is 4.98 Å². The van der Waals surface area contributed by atoms with Gasteiger partial charge in [-0.25, -0.2) is 4.39 Å². The molecular formula is C20H23FN2. The first-order valence-electron chi connectivity index (χ1n) is 8.30. The van der Waals surface area contributed by atoms with Gasteiger partial charge in [-0.1, -0.05) is 37.6 Å². The van der Waals surface area contributed by atoms with E-state index in [0.717, 1.165) is 42.4 Å². The predicted octanol–water partition coefficient (Wildman–Crippen LogP) is 2.89. The number of fused-ring (bicyclic) bond motifs is 1. The van der Waals surface area contributed by atoms with E-state index >= 15 is 0 Å². The van der Waals surface area contributed by atoms with Crippen LogP contribution in [0.2, 0.25) is 0 Å². The molecule has 2 aromatic rings. The van der Waals surface area contributed by atoms with E-state index in [1.807, 2.05) is 31.4 Å². The molecule has 0 saturated carbocycles. The molecule has 1 aromatic heterocycles. The molecule has 0 fully saturated rings. The van der Waals surface area contributed by atoms with Crippen molar-refractivity contribution in [3.63, 3.8) is 0 Å². The predicted molar refractivity (Wildman–Crippen MR) is 94.2 cm³/mol. The van der Waals surface area contributed by atoms with Gasteiger partial charge in [-0.2, -0.15) is 0 Å². The second-order valence-corrected chi connectivity index (χ2v) is 6.25. The summed E-state index contributed by atoms with van der Waals surface area (Å²) >= 11 is 0. The second-order valence-electron chi connectivity index (χ2n) is 6.25. The van der Waals surface area contributed by atoms with E-state index in [4.69, 9.17) is 0 Å². The lowest BCUT2D eigenvalue weighted by molar-refractivity contribution is 0.605. The Morgan fingerprint density at radius 2 is 2.17 bits per heavy atom. The van der Waals surface area contributed by atoms with Crippen molar-refractivity contribution in [3.05, 3.63) is 58.5 Å². The molecule has 1 unspecified atom stereocenters. The number of benzene rings is 1. The zero-order valence-electron chi connectivity index (χ0n) is 13.8. The Kier molecular flexibility index (Phi) is 4.75. The van der Waals surface area contributed by atoms with Crippen LogP contribution in [-0.2, 0) is 6.42 Å². The fraction of sp³-hybridized carbons (Fsp3) is 0.350. The molecule has 0 saturated heterocycles. The first kappa shape index (κ1) is 15.7. The molecule has 120 valence electrons. The second kappa shape index (κ2) is 6.95. The molecule has 1 aliphatic carbocycles. The number of anilines is 1. The van der Waals surface area contributed by atoms with Gasteiger partial charge in [0.1, 0.15) is 5.82 Å². The van der Waals surface area contributed by atoms with Crippen molar-refractivity contribution in [2.45, 2.75) is 26.2 Å². The minimum absolute atomic E-state index is 0.0950. The van der Waals surface area contributed by atoms with Gasteiger partial charge in [-0.3, -0.25) is 4.98 Å². The summed E-state index contributed by atoms with van der Waals surface area (Å²) in [7, 11) is 2.02. The van der Waals surface area contributed by atoms with Crippen LogP contribution in [0, 0.1) is 11.7 Å². The number of aromatic nitrogens is 1. The van der Waals surface area contributed by atoms with Crippen LogP contribution in [0.1, 0.15) is 25.3 Å². The standard InChI is InChI=1S/C20H23FN2/c1-3-5-16-9-10-18(13-19(16)21)23(2)14-15-7-8-17-6-4-11-22-20(17)12-15/h4,6,8-13,15H,3,5,7,14H2,1-2H3. The summed E-state index contributed by atoms with van der Waals surface area (Å²) in [4.78, 5) is 6.56. The number of nitrogens with zero attached hydrogens (tertiary/aromatic N) is 2. The normalized spacial score (nSPS) is 16.2. The van der Waals surface area contributed by atoms with E-state index in [9.17, 15) is 4.39 Å². The lowest BCUT2D eigenvalue weighted by atomic mass is 9.98. The molecule has 1 atom stereocenters. The average molecular weight is 310 g/mol. The lowest BCUT2D eigenvalue weighted by Gasteiger charge is -2.24. The molecule has 0 aliphatic heterocycles. The van der Waals surface area contributed by atoms with Crippen LogP contribution in [0.5, 0.6) is 0 Å². The van der Waals surface area contributed by atoms with Gasteiger partial charge in [-0.15, -0.1) is 0 Å². The Bertz CT molecular complexity index is 798. The summed E-state index contributed by atoms with van der Waals surface area (Å²) in [6.07, 6.45) is 9.06. The van der Waals surface area contributed by atoms with Gasteiger partial charge in [0.25, 0.3) is 0 Å². The molecule has 0 spiro atoms. The van der Waals surface area contributed by atoms with Crippen molar-refractivity contribution in [3.8, 4) is 0 Å². The van der Waals surface area contributed by atoms with Crippen molar-refractivity contribution in [2.75, 3.05) is 18.5 Å². The minimum atomic E-state index is -0.0950. The monoisotopic (exact) mass is 310 g/mol. The Morgan fingerprint density at radius 1 is 1.30 bits per heavy atom. The molecule has 1 heterocycles. The van der Waals surface area contributed by atoms with Crippen LogP contribution in [0.15, 0.2) is 36.5 Å². The fourth-order valence-electron chi connectivity index (χ4n) is 3.14. The first-order valence-corrected chi connectivity index (χ1v) is 8.30. The third-order valence-electron chi connectivity index (χ3n) is 4.41. The third kappa shape index (κ3) is 3.61. The third-order valence-corrected chi connectivity index (χ3v) is 4.41. The SMILES string of the molecule is CCCc1ccc(N(C)CC2C=c3ncccc3=CC2)cc1F. The van der Waals surface area contributed by atoms with Crippen molar-refractivity contribution in [1.29, 1.82) is 0 Å². The van der Waals surface area contributed by atoms with Crippen LogP contribution in [-0.4, -0.2) is 18.6 Å². The van der Waals surface area contributed by atoms with E-state index in [2.05, 4.69) is 35.0 Å². The van der Waals surface area contributed by atoms with E-state index in [1.165, 1.54) is 5.22 Å². The van der Waals surface area contributed by atoms with Crippen molar-refractivity contribution >= 4 is 17.8 Å². The van der Waals surface area contributed by atoms with Gasteiger partial charge in [0.05, 0.1) is 5.35 Å². The maximum atomic E-state index is 14.1. The summed E-state index contributed by atoms with van der Waals surface area (Å²) in [6, 6.07) is 9.66. The molecule has 0 radical (unpaired) electrons. The lowest BCUT2D eigenvalue weighted by Crippen LogP contribution is -2.34. The molecule has 1 aromatic carbocycles. The Hall–Kier alpha value is -2.16. The largest absolute Gasteiger partial charge is 0.374 e. The van der Waals surface area contributed by atoms with Crippen LogP contribution in [0.3, 0.4) is 0 Å². The minimum Gasteiger partial charge on any atom is -0.374 e. The highest BCUT2D eigenvalue weighted by Crippen LogP contribution is 2.21. The van der Waals surface area contributed by atoms with Crippen LogP contribution >= 0.6 is 0 Å². The van der Waals surface area contributed by atoms with E-state index in [0.29, 0.717) is 5.92 Å². The van der Waals surface area contributed by atoms with Crippen LogP contribution < -0.4 is 15.5 Å². The van der Waals surface area contributed by atoms with Gasteiger partial charge in [0.2, 0.25) is 0 Å². The summed E-state index contributed by atoms with van der Waals surface area (Å²) in [5.41, 5.74) is 1.74. The summed E-state index contributed by atoms with van der Waals surface area (Å²) in [5.74, 6) is 0.308. The molecule has 3 rings (SSSR count). The number of aryl methyl sites for hydroxylation is 1. The molecule has 0 N–H and O–H groups in total. The highest BCUT2D eigenvalue weighted by Gasteiger charge is 2.13. The van der Waals surface area contributed by atoms with E-state index in [1.54, 1.807) is 6.07 Å². The zero-order chi connectivity index (χ0) is 16.2. The zero-order valence-corrected chi connectivity index (χ0v) is 13.8. The Balaban J connectivity index is 1.74. The molecule has 0 bridgehead atoms. The van der Waals surface area contributed by atoms with E-state index < -0.39 is 0 Å². The van der Waals surface area contributed by atoms with Crippen molar-refractivity contribution in [2.24, 2.45) is 5.92 Å². The van der Waals surface area contributed by atoms with Gasteiger partial charge in [0, 0.05) is 31.4 Å². The van der Waals surface area contributed by atoms with Gasteiger partial charge < -0.3 is 4.90 Å². The maximum absolute atomic E-state index is 14.1. The maximum Gasteiger partial charge on any atom is 0.128 e. The van der Waals surface area contributed by atoms with E-state index in [-0.39, 0.29) is 5.82 Å². The van der Waals surface area contributed by atoms with Crippen LogP contribution in [0.4, 0.5) is 10.1 Å². The van der Waals surface area contributed by atoms with Crippen molar-refractivity contribution < 1.29 is 4.39 Å². The topological polar surface area (TPSA) is 16.1 Å². The highest BCUT2D eigenvalue weighted by molar-refractivity contribution is 5.49. The van der Waals surface area contributed by atoms with Gasteiger partial charge in [-0.05, 0) is 41.8 Å². The summed E-state index contributed by atoms with van der Waals surface area (Å²) in [6.45, 7) is 2.93. The first-order chi connectivity index (χ1) is 11.2. The van der Waals surface area contributed by atoms with Gasteiger partial charge in [0.15, 0.2) is 0 Å².